The van der Waals surface area contributed by atoms with E-state index in [0.717, 1.165) is 6.54 Å². The van der Waals surface area contributed by atoms with Gasteiger partial charge in [-0.15, -0.1) is 0 Å². The first kappa shape index (κ1) is 14.4. The molecule has 0 amide bonds. The first-order valence-corrected chi connectivity index (χ1v) is 5.21. The molecule has 0 saturated heterocycles. The van der Waals surface area contributed by atoms with Crippen molar-refractivity contribution in [3.05, 3.63) is 0 Å². The smallest absolute Gasteiger partial charge is 0.324 e. The van der Waals surface area contributed by atoms with E-state index in [2.05, 4.69) is 26.1 Å². The molecular weight excluding hydrogens is 192 g/mol. The first-order valence-electron chi connectivity index (χ1n) is 5.21. The Labute approximate surface area is 92.7 Å². The number of carboxylic acid groups (broad SMARTS) is 1. The molecule has 4 heteroatoms. The van der Waals surface area contributed by atoms with E-state index in [1.165, 1.54) is 0 Å². The lowest BCUT2D eigenvalue weighted by atomic mass is 9.94. The maximum atomic E-state index is 11.1. The van der Waals surface area contributed by atoms with Gasteiger partial charge in [-0.2, -0.15) is 0 Å². The molecule has 0 radical (unpaired) electrons. The minimum Gasteiger partial charge on any atom is -0.480 e. The lowest BCUT2D eigenvalue weighted by Crippen LogP contribution is -2.55. The second-order valence-corrected chi connectivity index (χ2v) is 5.62. The van der Waals surface area contributed by atoms with E-state index in [-0.39, 0.29) is 5.41 Å². The van der Waals surface area contributed by atoms with Crippen molar-refractivity contribution in [2.75, 3.05) is 27.2 Å². The summed E-state index contributed by atoms with van der Waals surface area (Å²) in [5.74, 6) is -0.814. The predicted molar refractivity (Wildman–Crippen MR) is 62.1 cm³/mol. The molecule has 4 nitrogen and oxygen atoms in total. The van der Waals surface area contributed by atoms with Crippen LogP contribution in [0.4, 0.5) is 0 Å². The van der Waals surface area contributed by atoms with Gasteiger partial charge in [0, 0.05) is 13.1 Å². The van der Waals surface area contributed by atoms with Crippen LogP contribution < -0.4 is 5.32 Å². The number of nitrogens with zero attached hydrogens (tertiary/aromatic N) is 1. The van der Waals surface area contributed by atoms with Gasteiger partial charge in [0.2, 0.25) is 0 Å². The minimum absolute atomic E-state index is 0.182. The Morgan fingerprint density at radius 2 is 1.73 bits per heavy atom. The fraction of sp³-hybridized carbons (Fsp3) is 0.909. The predicted octanol–water partition coefficient (Wildman–Crippen LogP) is 1.03. The largest absolute Gasteiger partial charge is 0.480 e. The quantitative estimate of drug-likeness (QED) is 0.720. The second kappa shape index (κ2) is 4.94. The summed E-state index contributed by atoms with van der Waals surface area (Å²) >= 11 is 0. The molecule has 15 heavy (non-hydrogen) atoms. The normalized spacial score (nSPS) is 16.5. The monoisotopic (exact) mass is 216 g/mol. The molecule has 0 heterocycles. The average molecular weight is 216 g/mol. The molecule has 0 aliphatic rings. The zero-order valence-corrected chi connectivity index (χ0v) is 10.7. The van der Waals surface area contributed by atoms with Crippen LogP contribution in [0.25, 0.3) is 0 Å². The molecule has 2 N–H and O–H groups in total. The number of nitrogens with one attached hydrogen (secondary N) is 1. The number of carbonyl (C=O) groups is 1. The lowest BCUT2D eigenvalue weighted by molar-refractivity contribution is -0.144. The van der Waals surface area contributed by atoms with Gasteiger partial charge >= 0.3 is 5.97 Å². The molecule has 0 saturated carbocycles. The van der Waals surface area contributed by atoms with Crippen molar-refractivity contribution in [1.82, 2.24) is 10.2 Å². The van der Waals surface area contributed by atoms with E-state index >= 15 is 0 Å². The van der Waals surface area contributed by atoms with Crippen LogP contribution in [0.3, 0.4) is 0 Å². The van der Waals surface area contributed by atoms with Gasteiger partial charge < -0.3 is 15.3 Å². The van der Waals surface area contributed by atoms with E-state index in [1.54, 1.807) is 14.0 Å². The van der Waals surface area contributed by atoms with Crippen LogP contribution in [-0.4, -0.2) is 48.7 Å². The molecule has 0 spiro atoms. The van der Waals surface area contributed by atoms with Crippen molar-refractivity contribution >= 4 is 5.97 Å². The average Bonchev–Trinajstić information content (AvgIpc) is 1.99. The van der Waals surface area contributed by atoms with Crippen molar-refractivity contribution in [2.24, 2.45) is 5.41 Å². The molecule has 0 aliphatic heterocycles. The van der Waals surface area contributed by atoms with Crippen molar-refractivity contribution in [3.63, 3.8) is 0 Å². The molecule has 0 aromatic carbocycles. The molecule has 0 fully saturated rings. The van der Waals surface area contributed by atoms with E-state index in [9.17, 15) is 4.79 Å². The Balaban J connectivity index is 4.38. The minimum atomic E-state index is -0.875. The van der Waals surface area contributed by atoms with Crippen LogP contribution in [0.15, 0.2) is 0 Å². The third-order valence-corrected chi connectivity index (χ3v) is 2.35. The Bertz CT molecular complexity index is 223. The van der Waals surface area contributed by atoms with Gasteiger partial charge in [0.05, 0.1) is 0 Å². The Kier molecular flexibility index (Phi) is 4.74. The van der Waals surface area contributed by atoms with Gasteiger partial charge in [-0.3, -0.25) is 4.79 Å². The van der Waals surface area contributed by atoms with Gasteiger partial charge in [-0.1, -0.05) is 20.8 Å². The highest BCUT2D eigenvalue weighted by Gasteiger charge is 2.33. The summed E-state index contributed by atoms with van der Waals surface area (Å²) in [5.41, 5.74) is -0.693. The Morgan fingerprint density at radius 1 is 1.27 bits per heavy atom. The van der Waals surface area contributed by atoms with E-state index in [1.807, 2.05) is 11.9 Å². The van der Waals surface area contributed by atoms with E-state index < -0.39 is 11.5 Å². The molecule has 0 aromatic heterocycles. The van der Waals surface area contributed by atoms with Crippen LogP contribution in [0, 0.1) is 5.41 Å². The van der Waals surface area contributed by atoms with Crippen molar-refractivity contribution < 1.29 is 9.90 Å². The number of aliphatic carboxylic acids is 1. The highest BCUT2D eigenvalue weighted by Crippen LogP contribution is 2.16. The molecule has 0 aliphatic carbocycles. The topological polar surface area (TPSA) is 52.6 Å². The van der Waals surface area contributed by atoms with Crippen molar-refractivity contribution in [2.45, 2.75) is 33.2 Å². The van der Waals surface area contributed by atoms with Gasteiger partial charge in [0.1, 0.15) is 5.54 Å². The first-order chi connectivity index (χ1) is 6.60. The number of hydrogen-bond donors (Lipinski definition) is 2. The summed E-state index contributed by atoms with van der Waals surface area (Å²) in [7, 11) is 3.63. The van der Waals surface area contributed by atoms with Gasteiger partial charge in [0.15, 0.2) is 0 Å². The summed E-state index contributed by atoms with van der Waals surface area (Å²) in [6.07, 6.45) is 0. The van der Waals surface area contributed by atoms with Crippen molar-refractivity contribution in [3.8, 4) is 0 Å². The number of carboxylic acids is 1. The molecule has 1 unspecified atom stereocenters. The standard InChI is InChI=1S/C11H24N2O2/c1-10(2,3)7-13(6)8-11(4,12-5)9(14)15/h12H,7-8H2,1-6H3,(H,14,15). The summed E-state index contributed by atoms with van der Waals surface area (Å²) in [6, 6.07) is 0. The van der Waals surface area contributed by atoms with Crippen LogP contribution in [-0.2, 0) is 4.79 Å². The zero-order valence-electron chi connectivity index (χ0n) is 10.7. The van der Waals surface area contributed by atoms with E-state index in [4.69, 9.17) is 5.11 Å². The summed E-state index contributed by atoms with van der Waals surface area (Å²) in [6.45, 7) is 9.49. The van der Waals surface area contributed by atoms with Gasteiger partial charge in [-0.05, 0) is 26.4 Å². The number of hydrogen-bond acceptors (Lipinski definition) is 3. The second-order valence-electron chi connectivity index (χ2n) is 5.62. The molecule has 90 valence electrons. The van der Waals surface area contributed by atoms with Crippen LogP contribution in [0.5, 0.6) is 0 Å². The van der Waals surface area contributed by atoms with Gasteiger partial charge in [0.25, 0.3) is 0 Å². The zero-order chi connectivity index (χ0) is 12.3. The molecule has 0 aromatic rings. The molecule has 0 rings (SSSR count). The Morgan fingerprint density at radius 3 is 2.00 bits per heavy atom. The number of rotatable bonds is 5. The molecular formula is C11H24N2O2. The maximum absolute atomic E-state index is 11.1. The van der Waals surface area contributed by atoms with Crippen LogP contribution >= 0.6 is 0 Å². The Hall–Kier alpha value is -0.610. The SMILES string of the molecule is CNC(C)(CN(C)CC(C)(C)C)C(=O)O. The summed E-state index contributed by atoms with van der Waals surface area (Å²) in [5, 5.41) is 11.9. The van der Waals surface area contributed by atoms with Crippen molar-refractivity contribution in [1.29, 1.82) is 0 Å². The lowest BCUT2D eigenvalue weighted by Gasteiger charge is -2.33. The number of likely N-dealkylation sites (N-methyl/N-ethyl adjacent to an activating group) is 2. The molecule has 0 bridgehead atoms. The summed E-state index contributed by atoms with van der Waals surface area (Å²) in [4.78, 5) is 13.1. The fourth-order valence-corrected chi connectivity index (χ4v) is 1.66. The van der Waals surface area contributed by atoms with Gasteiger partial charge in [-0.25, -0.2) is 0 Å². The third kappa shape index (κ3) is 5.14. The molecule has 1 atom stereocenters. The third-order valence-electron chi connectivity index (χ3n) is 2.35. The highest BCUT2D eigenvalue weighted by molar-refractivity contribution is 5.78. The highest BCUT2D eigenvalue weighted by atomic mass is 16.4. The fourth-order valence-electron chi connectivity index (χ4n) is 1.66. The summed E-state index contributed by atoms with van der Waals surface area (Å²) < 4.78 is 0. The van der Waals surface area contributed by atoms with Crippen LogP contribution in [0.2, 0.25) is 0 Å². The van der Waals surface area contributed by atoms with E-state index in [0.29, 0.717) is 6.54 Å². The maximum Gasteiger partial charge on any atom is 0.324 e. The van der Waals surface area contributed by atoms with Crippen LogP contribution in [0.1, 0.15) is 27.7 Å².